The zero-order valence-electron chi connectivity index (χ0n) is 10.9. The predicted molar refractivity (Wildman–Crippen MR) is 82.7 cm³/mol. The van der Waals surface area contributed by atoms with Crippen LogP contribution in [0, 0.1) is 5.82 Å². The number of carbonyl (C=O) groups excluding carboxylic acids is 1. The van der Waals surface area contributed by atoms with Gasteiger partial charge in [0, 0.05) is 12.1 Å². The topological polar surface area (TPSA) is 46.3 Å². The second-order valence-electron chi connectivity index (χ2n) is 4.84. The van der Waals surface area contributed by atoms with E-state index in [-0.39, 0.29) is 27.5 Å². The molecule has 0 saturated heterocycles. The van der Waals surface area contributed by atoms with Gasteiger partial charge in [-0.2, -0.15) is 0 Å². The van der Waals surface area contributed by atoms with Crippen LogP contribution >= 0.6 is 23.2 Å². The van der Waals surface area contributed by atoms with E-state index in [1.54, 1.807) is 6.07 Å². The summed E-state index contributed by atoms with van der Waals surface area (Å²) in [4.78, 5) is 14.1. The molecule has 3 nitrogen and oxygen atoms in total. The van der Waals surface area contributed by atoms with Gasteiger partial charge in [-0.15, -0.1) is 0 Å². The lowest BCUT2D eigenvalue weighted by Gasteiger charge is -2.18. The smallest absolute Gasteiger partial charge is 0.258 e. The van der Waals surface area contributed by atoms with Crippen molar-refractivity contribution in [3.05, 3.63) is 57.3 Å². The molecule has 0 fully saturated rings. The van der Waals surface area contributed by atoms with Gasteiger partial charge < -0.3 is 10.6 Å². The van der Waals surface area contributed by atoms with Crippen molar-refractivity contribution < 1.29 is 9.18 Å². The Morgan fingerprint density at radius 3 is 2.71 bits per heavy atom. The first-order valence-corrected chi connectivity index (χ1v) is 7.08. The number of hydrogen-bond donors (Lipinski definition) is 1. The monoisotopic (exact) mass is 324 g/mol. The second-order valence-corrected chi connectivity index (χ2v) is 5.63. The molecule has 1 aliphatic heterocycles. The van der Waals surface area contributed by atoms with E-state index >= 15 is 0 Å². The lowest BCUT2D eigenvalue weighted by atomic mass is 10.1. The number of amides is 1. The molecule has 1 amide bonds. The van der Waals surface area contributed by atoms with E-state index in [1.807, 2.05) is 0 Å². The summed E-state index contributed by atoms with van der Waals surface area (Å²) in [5.74, 6) is -0.647. The fraction of sp³-hybridized carbons (Fsp3) is 0.133. The highest BCUT2D eigenvalue weighted by molar-refractivity contribution is 6.44. The van der Waals surface area contributed by atoms with Crippen LogP contribution in [0.1, 0.15) is 15.9 Å². The average Bonchev–Trinajstić information content (AvgIpc) is 2.86. The summed E-state index contributed by atoms with van der Waals surface area (Å²) < 4.78 is 13.4. The van der Waals surface area contributed by atoms with E-state index < -0.39 is 0 Å². The van der Waals surface area contributed by atoms with Gasteiger partial charge in [0.15, 0.2) is 0 Å². The van der Waals surface area contributed by atoms with E-state index in [0.717, 1.165) is 5.56 Å². The van der Waals surface area contributed by atoms with Crippen LogP contribution in [-0.4, -0.2) is 12.5 Å². The minimum absolute atomic E-state index is 0.221. The number of nitrogen functional groups attached to an aromatic ring is 1. The predicted octanol–water partition coefficient (Wildman–Crippen LogP) is 3.92. The Kier molecular flexibility index (Phi) is 3.51. The van der Waals surface area contributed by atoms with Crippen molar-refractivity contribution in [2.75, 3.05) is 17.2 Å². The zero-order chi connectivity index (χ0) is 15.1. The van der Waals surface area contributed by atoms with Crippen LogP contribution in [0.2, 0.25) is 10.0 Å². The van der Waals surface area contributed by atoms with Crippen molar-refractivity contribution in [1.82, 2.24) is 0 Å². The van der Waals surface area contributed by atoms with Gasteiger partial charge in [-0.3, -0.25) is 4.79 Å². The van der Waals surface area contributed by atoms with Crippen LogP contribution in [0.4, 0.5) is 15.8 Å². The van der Waals surface area contributed by atoms with Crippen molar-refractivity contribution in [2.24, 2.45) is 0 Å². The van der Waals surface area contributed by atoms with Gasteiger partial charge >= 0.3 is 0 Å². The van der Waals surface area contributed by atoms with Gasteiger partial charge in [-0.05, 0) is 36.2 Å². The molecule has 0 aromatic heterocycles. The van der Waals surface area contributed by atoms with Crippen molar-refractivity contribution in [3.8, 4) is 0 Å². The maximum Gasteiger partial charge on any atom is 0.258 e. The number of nitrogens with zero attached hydrogens (tertiary/aromatic N) is 1. The Morgan fingerprint density at radius 2 is 2.00 bits per heavy atom. The van der Waals surface area contributed by atoms with E-state index in [4.69, 9.17) is 28.9 Å². The summed E-state index contributed by atoms with van der Waals surface area (Å²) >= 11 is 11.8. The SMILES string of the molecule is Nc1cc(C(=O)N2CCc3ccc(F)cc32)cc(Cl)c1Cl. The number of carbonyl (C=O) groups is 1. The van der Waals surface area contributed by atoms with Gasteiger partial charge in [0.2, 0.25) is 0 Å². The molecule has 2 aromatic rings. The van der Waals surface area contributed by atoms with E-state index in [9.17, 15) is 9.18 Å². The number of nitrogens with two attached hydrogens (primary N) is 1. The molecule has 2 aromatic carbocycles. The van der Waals surface area contributed by atoms with Crippen molar-refractivity contribution >= 4 is 40.5 Å². The van der Waals surface area contributed by atoms with Crippen LogP contribution in [0.3, 0.4) is 0 Å². The third-order valence-electron chi connectivity index (χ3n) is 3.49. The molecule has 21 heavy (non-hydrogen) atoms. The van der Waals surface area contributed by atoms with Crippen molar-refractivity contribution in [3.63, 3.8) is 0 Å². The standard InChI is InChI=1S/C15H11Cl2FN2O/c16-11-5-9(6-12(19)14(11)17)15(21)20-4-3-8-1-2-10(18)7-13(8)20/h1-2,5-7H,3-4,19H2. The molecule has 0 unspecified atom stereocenters. The van der Waals surface area contributed by atoms with Gasteiger partial charge in [-0.25, -0.2) is 4.39 Å². The Labute approximate surface area is 131 Å². The fourth-order valence-corrected chi connectivity index (χ4v) is 2.79. The van der Waals surface area contributed by atoms with E-state index in [0.29, 0.717) is 24.2 Å². The van der Waals surface area contributed by atoms with Crippen LogP contribution in [0.25, 0.3) is 0 Å². The maximum absolute atomic E-state index is 13.4. The lowest BCUT2D eigenvalue weighted by molar-refractivity contribution is 0.0989. The summed E-state index contributed by atoms with van der Waals surface area (Å²) in [7, 11) is 0. The van der Waals surface area contributed by atoms with Gasteiger partial charge in [0.05, 0.1) is 21.4 Å². The Hall–Kier alpha value is -1.78. The number of halogens is 3. The molecule has 2 N–H and O–H groups in total. The summed E-state index contributed by atoms with van der Waals surface area (Å²) in [6, 6.07) is 7.40. The highest BCUT2D eigenvalue weighted by Gasteiger charge is 2.26. The first-order valence-electron chi connectivity index (χ1n) is 6.32. The summed E-state index contributed by atoms with van der Waals surface area (Å²) in [5.41, 5.74) is 7.83. The van der Waals surface area contributed by atoms with Gasteiger partial charge in [0.25, 0.3) is 5.91 Å². The first kappa shape index (κ1) is 14.2. The quantitative estimate of drug-likeness (QED) is 0.808. The number of benzene rings is 2. The van der Waals surface area contributed by atoms with Crippen LogP contribution in [0.5, 0.6) is 0 Å². The number of rotatable bonds is 1. The molecule has 0 atom stereocenters. The number of hydrogen-bond acceptors (Lipinski definition) is 2. The normalized spacial score (nSPS) is 13.4. The average molecular weight is 325 g/mol. The molecule has 0 aliphatic carbocycles. The Balaban J connectivity index is 2.00. The van der Waals surface area contributed by atoms with E-state index in [1.165, 1.54) is 29.2 Å². The molecule has 6 heteroatoms. The molecule has 108 valence electrons. The first-order chi connectivity index (χ1) is 9.97. The van der Waals surface area contributed by atoms with Gasteiger partial charge in [-0.1, -0.05) is 29.3 Å². The second kappa shape index (κ2) is 5.20. The minimum atomic E-state index is -0.373. The Morgan fingerprint density at radius 1 is 1.24 bits per heavy atom. The molecular weight excluding hydrogens is 314 g/mol. The number of anilines is 2. The summed E-state index contributed by atoms with van der Waals surface area (Å²) in [6.07, 6.45) is 0.693. The van der Waals surface area contributed by atoms with Crippen LogP contribution < -0.4 is 10.6 Å². The molecule has 3 rings (SSSR count). The van der Waals surface area contributed by atoms with Crippen molar-refractivity contribution in [2.45, 2.75) is 6.42 Å². The molecule has 0 spiro atoms. The zero-order valence-corrected chi connectivity index (χ0v) is 12.4. The highest BCUT2D eigenvalue weighted by atomic mass is 35.5. The lowest BCUT2D eigenvalue weighted by Crippen LogP contribution is -2.29. The van der Waals surface area contributed by atoms with Crippen molar-refractivity contribution in [1.29, 1.82) is 0 Å². The summed E-state index contributed by atoms with van der Waals surface area (Å²) in [6.45, 7) is 0.498. The van der Waals surface area contributed by atoms with Crippen LogP contribution in [-0.2, 0) is 6.42 Å². The number of fused-ring (bicyclic) bond motifs is 1. The molecule has 0 radical (unpaired) electrons. The van der Waals surface area contributed by atoms with Crippen LogP contribution in [0.15, 0.2) is 30.3 Å². The van der Waals surface area contributed by atoms with Gasteiger partial charge in [0.1, 0.15) is 5.82 Å². The molecule has 1 heterocycles. The maximum atomic E-state index is 13.4. The van der Waals surface area contributed by atoms with E-state index in [2.05, 4.69) is 0 Å². The minimum Gasteiger partial charge on any atom is -0.397 e. The fourth-order valence-electron chi connectivity index (χ4n) is 2.45. The molecule has 0 bridgehead atoms. The molecule has 0 saturated carbocycles. The molecular formula is C15H11Cl2FN2O. The molecule has 1 aliphatic rings. The Bertz CT molecular complexity index is 725. The summed E-state index contributed by atoms with van der Waals surface area (Å²) in [5, 5.41) is 0.444. The highest BCUT2D eigenvalue weighted by Crippen LogP contribution is 2.33. The largest absolute Gasteiger partial charge is 0.397 e. The third kappa shape index (κ3) is 2.45. The third-order valence-corrected chi connectivity index (χ3v) is 4.31.